The van der Waals surface area contributed by atoms with Crippen LogP contribution in [0.3, 0.4) is 0 Å². The van der Waals surface area contributed by atoms with Crippen LogP contribution in [0.1, 0.15) is 13.3 Å². The average Bonchev–Trinajstić information content (AvgIpc) is 2.38. The summed E-state index contributed by atoms with van der Waals surface area (Å²) in [5.41, 5.74) is 0. The van der Waals surface area contributed by atoms with Crippen molar-refractivity contribution in [2.75, 3.05) is 26.7 Å². The van der Waals surface area contributed by atoms with Gasteiger partial charge in [-0.15, -0.1) is 0 Å². The molecule has 4 nitrogen and oxygen atoms in total. The lowest BCUT2D eigenvalue weighted by atomic mass is 10.1. The van der Waals surface area contributed by atoms with Gasteiger partial charge in [0.25, 0.3) is 0 Å². The summed E-state index contributed by atoms with van der Waals surface area (Å²) < 4.78 is 40.1. The van der Waals surface area contributed by atoms with E-state index in [2.05, 4.69) is 20.8 Å². The summed E-state index contributed by atoms with van der Waals surface area (Å²) in [5, 5.41) is 0. The maximum absolute atomic E-state index is 13.1. The van der Waals surface area contributed by atoms with Crippen molar-refractivity contribution in [3.8, 4) is 0 Å². The first-order valence-electron chi connectivity index (χ1n) is 6.51. The lowest BCUT2D eigenvalue weighted by Crippen LogP contribution is -2.52. The fourth-order valence-electron chi connectivity index (χ4n) is 2.40. The number of rotatable bonds is 3. The number of benzene rings is 1. The minimum atomic E-state index is -3.58. The third kappa shape index (κ3) is 3.05. The molecule has 7 heteroatoms. The fourth-order valence-corrected chi connectivity index (χ4v) is 4.88. The maximum Gasteiger partial charge on any atom is 0.244 e. The van der Waals surface area contributed by atoms with E-state index >= 15 is 0 Å². The predicted octanol–water partition coefficient (Wildman–Crippen LogP) is 2.30. The van der Waals surface area contributed by atoms with Gasteiger partial charge >= 0.3 is 0 Å². The van der Waals surface area contributed by atoms with Gasteiger partial charge in [-0.05, 0) is 47.6 Å². The molecule has 0 bridgehead atoms. The molecule has 0 radical (unpaired) electrons. The van der Waals surface area contributed by atoms with E-state index in [4.69, 9.17) is 0 Å². The van der Waals surface area contributed by atoms with Gasteiger partial charge in [0.1, 0.15) is 5.82 Å². The molecule has 0 N–H and O–H groups in total. The van der Waals surface area contributed by atoms with E-state index in [0.717, 1.165) is 6.42 Å². The maximum atomic E-state index is 13.1. The Morgan fingerprint density at radius 3 is 2.70 bits per heavy atom. The van der Waals surface area contributed by atoms with Crippen LogP contribution in [0.5, 0.6) is 0 Å². The fraction of sp³-hybridized carbons (Fsp3) is 0.538. The summed E-state index contributed by atoms with van der Waals surface area (Å²) in [5.74, 6) is -0.458. The second-order valence-corrected chi connectivity index (χ2v) is 7.74. The van der Waals surface area contributed by atoms with E-state index in [1.54, 1.807) is 0 Å². The number of likely N-dealkylation sites (N-methyl/N-ethyl adjacent to an activating group) is 1. The Morgan fingerprint density at radius 1 is 1.40 bits per heavy atom. The average molecular weight is 365 g/mol. The monoisotopic (exact) mass is 364 g/mol. The standard InChI is InChI=1S/C13H18BrFN2O2S/c1-3-11-9-17(7-6-16(11)2)20(18,19)13-5-4-10(15)8-12(13)14/h4-5,8,11H,3,6-7,9H2,1-2H3. The number of nitrogens with zero attached hydrogens (tertiary/aromatic N) is 2. The normalized spacial score (nSPS) is 22.1. The van der Waals surface area contributed by atoms with Crippen LogP contribution in [0.25, 0.3) is 0 Å². The highest BCUT2D eigenvalue weighted by Gasteiger charge is 2.33. The topological polar surface area (TPSA) is 40.6 Å². The molecule has 1 unspecified atom stereocenters. The van der Waals surface area contributed by atoms with Crippen LogP contribution < -0.4 is 0 Å². The van der Waals surface area contributed by atoms with Gasteiger partial charge in [0.05, 0.1) is 4.90 Å². The minimum Gasteiger partial charge on any atom is -0.301 e. The van der Waals surface area contributed by atoms with Crippen molar-refractivity contribution in [2.45, 2.75) is 24.3 Å². The molecule has 0 aliphatic carbocycles. The van der Waals surface area contributed by atoms with E-state index in [1.807, 2.05) is 14.0 Å². The van der Waals surface area contributed by atoms with Crippen LogP contribution >= 0.6 is 15.9 Å². The summed E-state index contributed by atoms with van der Waals surface area (Å²) in [4.78, 5) is 2.30. The van der Waals surface area contributed by atoms with Crippen LogP contribution in [0.2, 0.25) is 0 Å². The third-order valence-corrected chi connectivity index (χ3v) is 6.56. The molecule has 2 rings (SSSR count). The molecule has 0 aromatic heterocycles. The first-order valence-corrected chi connectivity index (χ1v) is 8.75. The van der Waals surface area contributed by atoms with Gasteiger partial charge in [-0.3, -0.25) is 0 Å². The highest BCUT2D eigenvalue weighted by molar-refractivity contribution is 9.10. The third-order valence-electron chi connectivity index (χ3n) is 3.72. The molecule has 1 heterocycles. The first-order chi connectivity index (χ1) is 9.36. The molecule has 0 spiro atoms. The van der Waals surface area contributed by atoms with Crippen molar-refractivity contribution in [2.24, 2.45) is 0 Å². The Balaban J connectivity index is 2.31. The van der Waals surface area contributed by atoms with Crippen molar-refractivity contribution in [3.05, 3.63) is 28.5 Å². The molecule has 1 saturated heterocycles. The Morgan fingerprint density at radius 2 is 2.10 bits per heavy atom. The van der Waals surface area contributed by atoms with Gasteiger partial charge < -0.3 is 4.90 Å². The molecule has 112 valence electrons. The smallest absolute Gasteiger partial charge is 0.244 e. The molecule has 1 aliphatic heterocycles. The summed E-state index contributed by atoms with van der Waals surface area (Å²) in [6.07, 6.45) is 0.896. The molecule has 1 aliphatic rings. The summed E-state index contributed by atoms with van der Waals surface area (Å²) in [6.45, 7) is 3.68. The van der Waals surface area contributed by atoms with E-state index in [-0.39, 0.29) is 15.4 Å². The van der Waals surface area contributed by atoms with Crippen LogP contribution in [0.15, 0.2) is 27.6 Å². The van der Waals surface area contributed by atoms with Crippen LogP contribution in [-0.4, -0.2) is 50.3 Å². The number of hydrogen-bond donors (Lipinski definition) is 0. The molecule has 1 aromatic carbocycles. The first kappa shape index (κ1) is 15.9. The molecule has 1 aromatic rings. The lowest BCUT2D eigenvalue weighted by Gasteiger charge is -2.38. The van der Waals surface area contributed by atoms with E-state index in [9.17, 15) is 12.8 Å². The molecular weight excluding hydrogens is 347 g/mol. The Hall–Kier alpha value is -0.500. The quantitative estimate of drug-likeness (QED) is 0.826. The van der Waals surface area contributed by atoms with Gasteiger partial charge in [-0.25, -0.2) is 12.8 Å². The van der Waals surface area contributed by atoms with Gasteiger partial charge in [0, 0.05) is 30.1 Å². The zero-order valence-electron chi connectivity index (χ0n) is 11.5. The molecule has 0 amide bonds. The highest BCUT2D eigenvalue weighted by Crippen LogP contribution is 2.27. The zero-order valence-corrected chi connectivity index (χ0v) is 13.9. The summed E-state index contributed by atoms with van der Waals surface area (Å²) in [6, 6.07) is 3.89. The van der Waals surface area contributed by atoms with Crippen LogP contribution in [-0.2, 0) is 10.0 Å². The van der Waals surface area contributed by atoms with Crippen molar-refractivity contribution in [1.29, 1.82) is 0 Å². The SMILES string of the molecule is CCC1CN(S(=O)(=O)c2ccc(F)cc2Br)CCN1C. The molecular formula is C13H18BrFN2O2S. The van der Waals surface area contributed by atoms with Crippen LogP contribution in [0, 0.1) is 5.82 Å². The van der Waals surface area contributed by atoms with Crippen molar-refractivity contribution in [1.82, 2.24) is 9.21 Å². The van der Waals surface area contributed by atoms with Crippen molar-refractivity contribution < 1.29 is 12.8 Å². The van der Waals surface area contributed by atoms with E-state index < -0.39 is 15.8 Å². The summed E-state index contributed by atoms with van der Waals surface area (Å²) in [7, 11) is -1.58. The number of piperazine rings is 1. The van der Waals surface area contributed by atoms with Gasteiger partial charge in [-0.1, -0.05) is 6.92 Å². The second kappa shape index (κ2) is 6.09. The van der Waals surface area contributed by atoms with Gasteiger partial charge in [0.2, 0.25) is 10.0 Å². The van der Waals surface area contributed by atoms with Gasteiger partial charge in [0.15, 0.2) is 0 Å². The van der Waals surface area contributed by atoms with Crippen molar-refractivity contribution >= 4 is 26.0 Å². The highest BCUT2D eigenvalue weighted by atomic mass is 79.9. The van der Waals surface area contributed by atoms with E-state index in [0.29, 0.717) is 19.6 Å². The van der Waals surface area contributed by atoms with Crippen LogP contribution in [0.4, 0.5) is 4.39 Å². The predicted molar refractivity (Wildman–Crippen MR) is 79.6 cm³/mol. The van der Waals surface area contributed by atoms with E-state index in [1.165, 1.54) is 22.5 Å². The summed E-state index contributed by atoms with van der Waals surface area (Å²) >= 11 is 3.14. The Bertz CT molecular complexity index is 594. The van der Waals surface area contributed by atoms with Gasteiger partial charge in [-0.2, -0.15) is 4.31 Å². The molecule has 20 heavy (non-hydrogen) atoms. The second-order valence-electron chi connectivity index (χ2n) is 4.98. The molecule has 1 fully saturated rings. The lowest BCUT2D eigenvalue weighted by molar-refractivity contribution is 0.144. The minimum absolute atomic E-state index is 0.123. The number of hydrogen-bond acceptors (Lipinski definition) is 3. The Kier molecular flexibility index (Phi) is 4.84. The molecule has 1 atom stereocenters. The Labute approximate surface area is 127 Å². The van der Waals surface area contributed by atoms with Crippen molar-refractivity contribution in [3.63, 3.8) is 0 Å². The number of sulfonamides is 1. The largest absolute Gasteiger partial charge is 0.301 e. The number of halogens is 2. The zero-order chi connectivity index (χ0) is 14.9. The molecule has 0 saturated carbocycles.